The molecular weight excluding hydrogens is 414 g/mol. The van der Waals surface area contributed by atoms with Crippen LogP contribution in [0.1, 0.15) is 74.6 Å². The molecule has 0 atom stereocenters. The van der Waals surface area contributed by atoms with Crippen LogP contribution in [-0.4, -0.2) is 44.7 Å². The Balaban J connectivity index is 2.40. The molecule has 1 aliphatic heterocycles. The van der Waals surface area contributed by atoms with E-state index in [1.165, 1.54) is 4.47 Å². The van der Waals surface area contributed by atoms with Gasteiger partial charge in [0, 0.05) is 6.54 Å². The molecule has 0 aliphatic carbocycles. The molecule has 0 bridgehead atoms. The van der Waals surface area contributed by atoms with E-state index in [1.54, 1.807) is 0 Å². The Hall–Kier alpha value is -1.19. The Kier molecular flexibility index (Phi) is 9.33. The summed E-state index contributed by atoms with van der Waals surface area (Å²) in [5.74, 6) is 0.836. The number of rotatable bonds is 12. The Labute approximate surface area is 188 Å². The third kappa shape index (κ3) is 6.20. The van der Waals surface area contributed by atoms with Crippen LogP contribution in [0.2, 0.25) is 0 Å². The van der Waals surface area contributed by atoms with Crippen molar-refractivity contribution in [2.24, 2.45) is 11.5 Å². The lowest BCUT2D eigenvalue weighted by molar-refractivity contribution is -0.0854. The molecule has 0 aromatic heterocycles. The fourth-order valence-electron chi connectivity index (χ4n) is 4.08. The van der Waals surface area contributed by atoms with Crippen molar-refractivity contribution < 1.29 is 18.0 Å². The minimum Gasteiger partial charge on any atom is -0.487 e. The van der Waals surface area contributed by atoms with E-state index in [0.717, 1.165) is 66.5 Å². The van der Waals surface area contributed by atoms with Gasteiger partial charge in [-0.2, -0.15) is 0 Å². The van der Waals surface area contributed by atoms with Crippen LogP contribution in [-0.2, 0) is 21.3 Å². The Morgan fingerprint density at radius 1 is 0.968 bits per heavy atom. The summed E-state index contributed by atoms with van der Waals surface area (Å²) in [6.45, 7) is 11.5. The summed E-state index contributed by atoms with van der Waals surface area (Å²) in [6, 6.07) is 0. The second kappa shape index (κ2) is 11.1. The van der Waals surface area contributed by atoms with Crippen molar-refractivity contribution >= 4 is 10.0 Å². The first-order chi connectivity index (χ1) is 14.6. The molecule has 178 valence electrons. The molecule has 0 amide bonds. The summed E-state index contributed by atoms with van der Waals surface area (Å²) >= 11 is 0. The fourth-order valence-corrected chi connectivity index (χ4v) is 5.92. The highest BCUT2D eigenvalue weighted by Crippen LogP contribution is 2.42. The molecule has 1 aromatic carbocycles. The number of fused-ring (bicyclic) bond motifs is 1. The first-order valence-electron chi connectivity index (χ1n) is 11.4. The molecule has 0 saturated heterocycles. The fraction of sp³-hybridized carbons (Fsp3) is 0.739. The number of nitrogens with two attached hydrogens (primary N) is 2. The van der Waals surface area contributed by atoms with E-state index in [0.29, 0.717) is 31.0 Å². The molecule has 1 aromatic rings. The van der Waals surface area contributed by atoms with Gasteiger partial charge in [-0.15, -0.1) is 0 Å². The molecule has 1 heterocycles. The molecule has 7 nitrogen and oxygen atoms in total. The second-order valence-electron chi connectivity index (χ2n) is 9.08. The van der Waals surface area contributed by atoms with Crippen molar-refractivity contribution in [2.75, 3.05) is 26.2 Å². The molecule has 8 heteroatoms. The number of hydrogen-bond donors (Lipinski definition) is 2. The zero-order valence-electron chi connectivity index (χ0n) is 19.9. The van der Waals surface area contributed by atoms with E-state index < -0.39 is 10.0 Å². The Bertz CT molecular complexity index is 853. The molecule has 0 saturated carbocycles. The molecule has 2 rings (SSSR count). The molecule has 0 spiro atoms. The van der Waals surface area contributed by atoms with Crippen LogP contribution < -0.4 is 16.2 Å². The highest BCUT2D eigenvalue weighted by Gasteiger charge is 2.36. The average Bonchev–Trinajstić information content (AvgIpc) is 2.69. The summed E-state index contributed by atoms with van der Waals surface area (Å²) in [6.07, 6.45) is 5.80. The maximum Gasteiger partial charge on any atom is 0.265 e. The zero-order valence-corrected chi connectivity index (χ0v) is 20.7. The summed E-state index contributed by atoms with van der Waals surface area (Å²) in [4.78, 5) is 6.09. The number of sulfonamides is 1. The van der Waals surface area contributed by atoms with Gasteiger partial charge in [-0.1, -0.05) is 17.3 Å². The van der Waals surface area contributed by atoms with Crippen molar-refractivity contribution in [3.63, 3.8) is 0 Å². The number of unbranched alkanes of at least 4 members (excludes halogenated alkanes) is 3. The Morgan fingerprint density at radius 2 is 1.61 bits per heavy atom. The van der Waals surface area contributed by atoms with E-state index >= 15 is 0 Å². The van der Waals surface area contributed by atoms with Crippen LogP contribution in [0.15, 0.2) is 4.90 Å². The van der Waals surface area contributed by atoms with Gasteiger partial charge in [0.15, 0.2) is 0 Å². The summed E-state index contributed by atoms with van der Waals surface area (Å²) in [5, 5.41) is 0. The minimum absolute atomic E-state index is 0.252. The number of benzene rings is 1. The molecule has 1 aliphatic rings. The quantitative estimate of drug-likeness (QED) is 0.369. The van der Waals surface area contributed by atoms with E-state index in [1.807, 2.05) is 20.8 Å². The Morgan fingerprint density at radius 3 is 2.26 bits per heavy atom. The molecule has 4 N–H and O–H groups in total. The zero-order chi connectivity index (χ0) is 23.2. The largest absolute Gasteiger partial charge is 0.487 e. The van der Waals surface area contributed by atoms with E-state index in [9.17, 15) is 8.42 Å². The van der Waals surface area contributed by atoms with Gasteiger partial charge in [0.05, 0.1) is 11.5 Å². The average molecular weight is 456 g/mol. The van der Waals surface area contributed by atoms with Gasteiger partial charge in [-0.05, 0) is 102 Å². The smallest absolute Gasteiger partial charge is 0.265 e. The first kappa shape index (κ1) is 26.1. The second-order valence-corrected chi connectivity index (χ2v) is 10.8. The van der Waals surface area contributed by atoms with Crippen LogP contribution >= 0.6 is 0 Å². The van der Waals surface area contributed by atoms with Crippen LogP contribution in [0.25, 0.3) is 0 Å². The van der Waals surface area contributed by atoms with Gasteiger partial charge in [-0.25, -0.2) is 8.42 Å². The monoisotopic (exact) mass is 455 g/mol. The van der Waals surface area contributed by atoms with Gasteiger partial charge in [0.2, 0.25) is 0 Å². The summed E-state index contributed by atoms with van der Waals surface area (Å²) in [7, 11) is -3.83. The van der Waals surface area contributed by atoms with E-state index in [-0.39, 0.29) is 12.2 Å². The normalized spacial score (nSPS) is 15.7. The summed E-state index contributed by atoms with van der Waals surface area (Å²) in [5.41, 5.74) is 14.3. The topological polar surface area (TPSA) is 108 Å². The van der Waals surface area contributed by atoms with Crippen molar-refractivity contribution in [3.8, 4) is 5.75 Å². The third-order valence-electron chi connectivity index (χ3n) is 6.07. The van der Waals surface area contributed by atoms with Crippen LogP contribution in [0.3, 0.4) is 0 Å². The van der Waals surface area contributed by atoms with Crippen molar-refractivity contribution in [2.45, 2.75) is 90.1 Å². The lowest BCUT2D eigenvalue weighted by Gasteiger charge is -2.36. The van der Waals surface area contributed by atoms with Crippen LogP contribution in [0.4, 0.5) is 0 Å². The van der Waals surface area contributed by atoms with Gasteiger partial charge in [0.25, 0.3) is 10.0 Å². The first-order valence-corrected chi connectivity index (χ1v) is 12.9. The molecule has 31 heavy (non-hydrogen) atoms. The number of hydroxylamine groups is 1. The molecular formula is C23H41N3O4S. The lowest BCUT2D eigenvalue weighted by Crippen LogP contribution is -2.36. The SMILES string of the molecule is Cc1c(C)c(S(=O)(=O)N(CCCCCCN)OCCCN)c(C)c2c1OC(C)(C)CC2. The lowest BCUT2D eigenvalue weighted by atomic mass is 9.88. The number of nitrogens with zero attached hydrogens (tertiary/aromatic N) is 1. The van der Waals surface area contributed by atoms with Gasteiger partial charge < -0.3 is 16.2 Å². The molecule has 0 fully saturated rings. The van der Waals surface area contributed by atoms with E-state index in [2.05, 4.69) is 13.8 Å². The number of ether oxygens (including phenoxy) is 1. The predicted octanol–water partition coefficient (Wildman–Crippen LogP) is 3.51. The number of hydrogen-bond acceptors (Lipinski definition) is 6. The predicted molar refractivity (Wildman–Crippen MR) is 125 cm³/mol. The maximum atomic E-state index is 13.8. The minimum atomic E-state index is -3.83. The third-order valence-corrected chi connectivity index (χ3v) is 8.02. The van der Waals surface area contributed by atoms with E-state index in [4.69, 9.17) is 21.0 Å². The van der Waals surface area contributed by atoms with Gasteiger partial charge in [-0.3, -0.25) is 4.84 Å². The molecule has 0 radical (unpaired) electrons. The van der Waals surface area contributed by atoms with Crippen molar-refractivity contribution in [1.29, 1.82) is 0 Å². The maximum absolute atomic E-state index is 13.8. The highest BCUT2D eigenvalue weighted by molar-refractivity contribution is 7.89. The van der Waals surface area contributed by atoms with Crippen LogP contribution in [0, 0.1) is 20.8 Å². The van der Waals surface area contributed by atoms with Gasteiger partial charge >= 0.3 is 0 Å². The molecule has 0 unspecified atom stereocenters. The van der Waals surface area contributed by atoms with Gasteiger partial charge in [0.1, 0.15) is 11.4 Å². The van der Waals surface area contributed by atoms with Crippen molar-refractivity contribution in [1.82, 2.24) is 4.47 Å². The highest BCUT2D eigenvalue weighted by atomic mass is 32.2. The van der Waals surface area contributed by atoms with Crippen LogP contribution in [0.5, 0.6) is 5.75 Å². The summed E-state index contributed by atoms with van der Waals surface area (Å²) < 4.78 is 35.0. The van der Waals surface area contributed by atoms with Crippen molar-refractivity contribution in [3.05, 3.63) is 22.3 Å². The standard InChI is InChI=1S/C23H41N3O4S/c1-17-18(2)22(19(3)20-11-12-23(4,5)30-21(17)20)31(27,28)26(29-16-10-14-25)15-9-7-6-8-13-24/h6-16,24-25H2,1-5H3.